The molecule has 0 bridgehead atoms. The van der Waals surface area contributed by atoms with Crippen LogP contribution in [0.1, 0.15) is 27.2 Å². The van der Waals surface area contributed by atoms with E-state index in [-0.39, 0.29) is 17.4 Å². The fourth-order valence-electron chi connectivity index (χ4n) is 3.09. The maximum absolute atomic E-state index is 12.4. The number of aromatic nitrogens is 1. The Kier molecular flexibility index (Phi) is 5.82. The lowest BCUT2D eigenvalue weighted by atomic mass is 10.1. The van der Waals surface area contributed by atoms with Gasteiger partial charge in [-0.1, -0.05) is 6.07 Å². The number of hydrogen-bond acceptors (Lipinski definition) is 3. The minimum Gasteiger partial charge on any atom is -0.493 e. The molecular weight excluding hydrogens is 366 g/mol. The first-order chi connectivity index (χ1) is 13.4. The summed E-state index contributed by atoms with van der Waals surface area (Å²) in [6.07, 6.45) is 0.529. The zero-order valence-electron chi connectivity index (χ0n) is 15.9. The maximum Gasteiger partial charge on any atom is 0.387 e. The number of amides is 1. The molecule has 3 aromatic rings. The monoisotopic (exact) mass is 388 g/mol. The van der Waals surface area contributed by atoms with Gasteiger partial charge in [0.15, 0.2) is 11.5 Å². The summed E-state index contributed by atoms with van der Waals surface area (Å²) in [5.41, 5.74) is 4.65. The molecule has 0 aliphatic rings. The lowest BCUT2D eigenvalue weighted by molar-refractivity contribution is -0.0512. The zero-order valence-corrected chi connectivity index (χ0v) is 15.9. The molecule has 0 saturated carbocycles. The number of methoxy groups -OCH3 is 1. The van der Waals surface area contributed by atoms with E-state index < -0.39 is 6.61 Å². The number of hydrogen-bond donors (Lipinski definition) is 2. The second-order valence-corrected chi connectivity index (χ2v) is 6.50. The van der Waals surface area contributed by atoms with Crippen molar-refractivity contribution < 1.29 is 23.0 Å². The lowest BCUT2D eigenvalue weighted by Gasteiger charge is -2.12. The zero-order chi connectivity index (χ0) is 20.3. The standard InChI is InChI=1S/C21H22F2N2O3/c1-12-13(2)25-17-6-5-15(11-16(12)17)20(26)24-9-8-14-4-7-18(28-21(22)23)19(10-14)27-3/h4-7,10-11,21,25H,8-9H2,1-3H3,(H,24,26). The van der Waals surface area contributed by atoms with Crippen LogP contribution in [0.15, 0.2) is 36.4 Å². The van der Waals surface area contributed by atoms with Gasteiger partial charge >= 0.3 is 6.61 Å². The van der Waals surface area contributed by atoms with Crippen LogP contribution in [-0.2, 0) is 6.42 Å². The van der Waals surface area contributed by atoms with Gasteiger partial charge in [0.05, 0.1) is 7.11 Å². The quantitative estimate of drug-likeness (QED) is 0.632. The molecule has 5 nitrogen and oxygen atoms in total. The van der Waals surface area contributed by atoms with Crippen molar-refractivity contribution in [1.29, 1.82) is 0 Å². The smallest absolute Gasteiger partial charge is 0.387 e. The second kappa shape index (κ2) is 8.29. The van der Waals surface area contributed by atoms with Crippen LogP contribution in [0.25, 0.3) is 10.9 Å². The molecule has 0 aliphatic heterocycles. The molecule has 0 atom stereocenters. The Morgan fingerprint density at radius 3 is 2.64 bits per heavy atom. The van der Waals surface area contributed by atoms with Crippen molar-refractivity contribution in [3.05, 3.63) is 58.8 Å². The maximum atomic E-state index is 12.4. The van der Waals surface area contributed by atoms with E-state index in [4.69, 9.17) is 4.74 Å². The Hall–Kier alpha value is -3.09. The third-order valence-electron chi connectivity index (χ3n) is 4.71. The third kappa shape index (κ3) is 4.24. The van der Waals surface area contributed by atoms with E-state index in [0.29, 0.717) is 18.5 Å². The van der Waals surface area contributed by atoms with Crippen molar-refractivity contribution in [3.63, 3.8) is 0 Å². The van der Waals surface area contributed by atoms with Crippen LogP contribution in [0.4, 0.5) is 8.78 Å². The molecule has 0 aliphatic carbocycles. The Balaban J connectivity index is 1.63. The molecule has 1 amide bonds. The lowest BCUT2D eigenvalue weighted by Crippen LogP contribution is -2.25. The van der Waals surface area contributed by atoms with Gasteiger partial charge in [-0.2, -0.15) is 8.78 Å². The summed E-state index contributed by atoms with van der Waals surface area (Å²) in [6.45, 7) is 1.51. The van der Waals surface area contributed by atoms with Crippen molar-refractivity contribution in [1.82, 2.24) is 10.3 Å². The normalized spacial score (nSPS) is 11.1. The predicted molar refractivity (Wildman–Crippen MR) is 103 cm³/mol. The Morgan fingerprint density at radius 1 is 1.14 bits per heavy atom. The number of carbonyl (C=O) groups excluding carboxylic acids is 1. The summed E-state index contributed by atoms with van der Waals surface area (Å²) in [5, 5.41) is 3.91. The molecule has 2 N–H and O–H groups in total. The SMILES string of the molecule is COc1cc(CCNC(=O)c2ccc3[nH]c(C)c(C)c3c2)ccc1OC(F)F. The number of benzene rings is 2. The summed E-state index contributed by atoms with van der Waals surface area (Å²) in [5.74, 6) is 0.0495. The van der Waals surface area contributed by atoms with Crippen LogP contribution >= 0.6 is 0 Å². The first kappa shape index (κ1) is 19.7. The minimum absolute atomic E-state index is 0.0178. The Labute approximate surface area is 161 Å². The van der Waals surface area contributed by atoms with Crippen LogP contribution in [0.2, 0.25) is 0 Å². The molecule has 1 heterocycles. The summed E-state index contributed by atoms with van der Waals surface area (Å²) >= 11 is 0. The van der Waals surface area contributed by atoms with E-state index in [1.807, 2.05) is 26.0 Å². The van der Waals surface area contributed by atoms with Gasteiger partial charge in [-0.05, 0) is 61.7 Å². The molecule has 2 aromatic carbocycles. The molecule has 0 radical (unpaired) electrons. The highest BCUT2D eigenvalue weighted by Gasteiger charge is 2.12. The molecule has 28 heavy (non-hydrogen) atoms. The molecule has 0 spiro atoms. The molecule has 7 heteroatoms. The van der Waals surface area contributed by atoms with Crippen molar-refractivity contribution in [2.45, 2.75) is 26.9 Å². The average Bonchev–Trinajstić information content (AvgIpc) is 2.96. The van der Waals surface area contributed by atoms with E-state index in [0.717, 1.165) is 27.7 Å². The van der Waals surface area contributed by atoms with Gasteiger partial charge in [0.2, 0.25) is 0 Å². The highest BCUT2D eigenvalue weighted by atomic mass is 19.3. The van der Waals surface area contributed by atoms with Crippen molar-refractivity contribution >= 4 is 16.8 Å². The van der Waals surface area contributed by atoms with E-state index in [2.05, 4.69) is 15.0 Å². The van der Waals surface area contributed by atoms with Gasteiger partial charge in [0.25, 0.3) is 5.91 Å². The van der Waals surface area contributed by atoms with E-state index in [1.165, 1.54) is 13.2 Å². The van der Waals surface area contributed by atoms with Crippen molar-refractivity contribution in [3.8, 4) is 11.5 Å². The van der Waals surface area contributed by atoms with Crippen molar-refractivity contribution in [2.75, 3.05) is 13.7 Å². The highest BCUT2D eigenvalue weighted by molar-refractivity contribution is 5.99. The number of halogens is 2. The topological polar surface area (TPSA) is 63.3 Å². The number of rotatable bonds is 7. The number of fused-ring (bicyclic) bond motifs is 1. The molecule has 0 saturated heterocycles. The van der Waals surface area contributed by atoms with Gasteiger partial charge in [0, 0.05) is 28.7 Å². The highest BCUT2D eigenvalue weighted by Crippen LogP contribution is 2.29. The van der Waals surface area contributed by atoms with Crippen molar-refractivity contribution in [2.24, 2.45) is 0 Å². The number of H-pyrrole nitrogens is 1. The molecular formula is C21H22F2N2O3. The summed E-state index contributed by atoms with van der Waals surface area (Å²) in [4.78, 5) is 15.7. The van der Waals surface area contributed by atoms with Gasteiger partial charge in [-0.3, -0.25) is 4.79 Å². The van der Waals surface area contributed by atoms with Gasteiger partial charge in [-0.15, -0.1) is 0 Å². The first-order valence-electron chi connectivity index (χ1n) is 8.88. The number of nitrogens with one attached hydrogen (secondary N) is 2. The average molecular weight is 388 g/mol. The summed E-state index contributed by atoms with van der Waals surface area (Å²) < 4.78 is 34.3. The number of carbonyl (C=O) groups is 1. The van der Waals surface area contributed by atoms with Crippen LogP contribution in [-0.4, -0.2) is 31.2 Å². The minimum atomic E-state index is -2.91. The number of alkyl halides is 2. The third-order valence-corrected chi connectivity index (χ3v) is 4.71. The van der Waals surface area contributed by atoms with E-state index >= 15 is 0 Å². The van der Waals surface area contributed by atoms with Crippen LogP contribution < -0.4 is 14.8 Å². The van der Waals surface area contributed by atoms with E-state index in [1.54, 1.807) is 18.2 Å². The number of ether oxygens (including phenoxy) is 2. The van der Waals surface area contributed by atoms with E-state index in [9.17, 15) is 13.6 Å². The van der Waals surface area contributed by atoms with Gasteiger partial charge in [0.1, 0.15) is 0 Å². The van der Waals surface area contributed by atoms with Crippen LogP contribution in [0.3, 0.4) is 0 Å². The van der Waals surface area contributed by atoms with Crippen LogP contribution in [0.5, 0.6) is 11.5 Å². The summed E-state index contributed by atoms with van der Waals surface area (Å²) in [6, 6.07) is 10.3. The Bertz CT molecular complexity index is 999. The molecule has 0 fully saturated rings. The fraction of sp³-hybridized carbons (Fsp3) is 0.286. The molecule has 0 unspecified atom stereocenters. The van der Waals surface area contributed by atoms with Crippen LogP contribution in [0, 0.1) is 13.8 Å². The number of aryl methyl sites for hydroxylation is 2. The fourth-order valence-corrected chi connectivity index (χ4v) is 3.09. The van der Waals surface area contributed by atoms with Gasteiger partial charge in [-0.25, -0.2) is 0 Å². The molecule has 1 aromatic heterocycles. The van der Waals surface area contributed by atoms with Gasteiger partial charge < -0.3 is 19.8 Å². The first-order valence-corrected chi connectivity index (χ1v) is 8.88. The second-order valence-electron chi connectivity index (χ2n) is 6.50. The molecule has 148 valence electrons. The molecule has 3 rings (SSSR count). The Morgan fingerprint density at radius 2 is 1.93 bits per heavy atom. The largest absolute Gasteiger partial charge is 0.493 e. The summed E-state index contributed by atoms with van der Waals surface area (Å²) in [7, 11) is 1.39. The number of aromatic amines is 1. The predicted octanol–water partition coefficient (Wildman–Crippen LogP) is 4.37.